The highest BCUT2D eigenvalue weighted by Crippen LogP contribution is 2.29. The fourth-order valence-corrected chi connectivity index (χ4v) is 1.20. The maximum atomic E-state index is 12.0. The number of halogens is 3. The molecule has 5 nitrogen and oxygen atoms in total. The van der Waals surface area contributed by atoms with Crippen LogP contribution in [0.4, 0.5) is 19.0 Å². The van der Waals surface area contributed by atoms with E-state index in [1.54, 1.807) is 0 Å². The van der Waals surface area contributed by atoms with Crippen molar-refractivity contribution in [3.63, 3.8) is 0 Å². The molecule has 0 aliphatic rings. The second kappa shape index (κ2) is 4.54. The molecule has 0 aliphatic heterocycles. The molecule has 0 aliphatic carbocycles. The number of nitrogen functional groups attached to an aromatic ring is 1. The minimum Gasteiger partial charge on any atom is -0.404 e. The summed E-state index contributed by atoms with van der Waals surface area (Å²) in [5, 5.41) is 8.97. The Morgan fingerprint density at radius 1 is 1.38 bits per heavy atom. The molecule has 5 N–H and O–H groups in total. The molecule has 1 heterocycles. The Morgan fingerprint density at radius 3 is 2.44 bits per heavy atom. The molecule has 16 heavy (non-hydrogen) atoms. The zero-order valence-electron chi connectivity index (χ0n) is 8.08. The molecular formula is C8H10F3N3O2. The molecule has 1 aromatic rings. The summed E-state index contributed by atoms with van der Waals surface area (Å²) in [6.07, 6.45) is -4.05. The largest absolute Gasteiger partial charge is 0.573 e. The van der Waals surface area contributed by atoms with Crippen molar-refractivity contribution in [2.24, 2.45) is 5.73 Å². The van der Waals surface area contributed by atoms with E-state index in [0.29, 0.717) is 0 Å². The highest BCUT2D eigenvalue weighted by molar-refractivity contribution is 5.50. The third kappa shape index (κ3) is 2.74. The van der Waals surface area contributed by atoms with Gasteiger partial charge in [0.25, 0.3) is 0 Å². The van der Waals surface area contributed by atoms with Gasteiger partial charge in [-0.05, 0) is 0 Å². The Bertz CT molecular complexity index is 382. The standard InChI is InChI=1S/C8H10F3N3O2/c9-8(10,11)16-6-2-14-7(13)4(1-12)5(6)3-15/h2,15H,1,3,12H2,(H2,13,14). The molecule has 0 spiro atoms. The molecule has 0 aromatic carbocycles. The van der Waals surface area contributed by atoms with E-state index in [1.807, 2.05) is 0 Å². The van der Waals surface area contributed by atoms with Gasteiger partial charge in [0.15, 0.2) is 5.75 Å². The number of aliphatic hydroxyl groups excluding tert-OH is 1. The monoisotopic (exact) mass is 237 g/mol. The summed E-state index contributed by atoms with van der Waals surface area (Å²) in [6.45, 7) is -0.797. The first-order chi connectivity index (χ1) is 7.39. The van der Waals surface area contributed by atoms with Crippen LogP contribution in [-0.2, 0) is 13.2 Å². The van der Waals surface area contributed by atoms with E-state index in [4.69, 9.17) is 16.6 Å². The van der Waals surface area contributed by atoms with E-state index < -0.39 is 18.7 Å². The van der Waals surface area contributed by atoms with Gasteiger partial charge < -0.3 is 21.3 Å². The maximum Gasteiger partial charge on any atom is 0.573 e. The second-order valence-electron chi connectivity index (χ2n) is 2.87. The predicted molar refractivity (Wildman–Crippen MR) is 49.1 cm³/mol. The molecule has 0 bridgehead atoms. The number of hydrogen-bond acceptors (Lipinski definition) is 5. The van der Waals surface area contributed by atoms with E-state index in [-0.39, 0.29) is 23.5 Å². The molecule has 0 atom stereocenters. The molecule has 0 fully saturated rings. The summed E-state index contributed by atoms with van der Waals surface area (Å²) in [4.78, 5) is 3.50. The molecule has 8 heteroatoms. The third-order valence-corrected chi connectivity index (χ3v) is 1.88. The van der Waals surface area contributed by atoms with Crippen LogP contribution in [0.2, 0.25) is 0 Å². The molecule has 0 radical (unpaired) electrons. The zero-order chi connectivity index (χ0) is 12.3. The number of nitrogens with zero attached hydrogens (tertiary/aromatic N) is 1. The van der Waals surface area contributed by atoms with Gasteiger partial charge in [0.2, 0.25) is 0 Å². The van der Waals surface area contributed by atoms with Gasteiger partial charge in [-0.1, -0.05) is 0 Å². The van der Waals surface area contributed by atoms with Crippen molar-refractivity contribution in [2.75, 3.05) is 5.73 Å². The number of aromatic nitrogens is 1. The van der Waals surface area contributed by atoms with Crippen molar-refractivity contribution in [2.45, 2.75) is 19.5 Å². The summed E-state index contributed by atoms with van der Waals surface area (Å²) in [7, 11) is 0. The minimum absolute atomic E-state index is 0.0268. The predicted octanol–water partition coefficient (Wildman–Crippen LogP) is 0.513. The van der Waals surface area contributed by atoms with Crippen molar-refractivity contribution < 1.29 is 23.0 Å². The van der Waals surface area contributed by atoms with Crippen molar-refractivity contribution in [3.05, 3.63) is 17.3 Å². The molecule has 1 rings (SSSR count). The highest BCUT2D eigenvalue weighted by atomic mass is 19.4. The molecular weight excluding hydrogens is 227 g/mol. The van der Waals surface area contributed by atoms with Crippen LogP contribution in [0.25, 0.3) is 0 Å². The Balaban J connectivity index is 3.19. The summed E-state index contributed by atoms with van der Waals surface area (Å²) < 4.78 is 39.7. The Labute approximate surface area is 88.8 Å². The van der Waals surface area contributed by atoms with E-state index in [1.165, 1.54) is 0 Å². The number of rotatable bonds is 3. The number of nitrogens with two attached hydrogens (primary N) is 2. The highest BCUT2D eigenvalue weighted by Gasteiger charge is 2.32. The zero-order valence-corrected chi connectivity index (χ0v) is 8.08. The lowest BCUT2D eigenvalue weighted by atomic mass is 10.1. The van der Waals surface area contributed by atoms with Gasteiger partial charge >= 0.3 is 6.36 Å². The van der Waals surface area contributed by atoms with E-state index in [0.717, 1.165) is 6.20 Å². The summed E-state index contributed by atoms with van der Waals surface area (Å²) in [5.41, 5.74) is 10.7. The SMILES string of the molecule is NCc1c(N)ncc(OC(F)(F)F)c1CO. The number of ether oxygens (including phenoxy) is 1. The van der Waals surface area contributed by atoms with Crippen molar-refractivity contribution in [1.29, 1.82) is 0 Å². The molecule has 0 unspecified atom stereocenters. The van der Waals surface area contributed by atoms with Crippen LogP contribution in [0.5, 0.6) is 5.75 Å². The number of pyridine rings is 1. The first kappa shape index (κ1) is 12.5. The van der Waals surface area contributed by atoms with E-state index in [2.05, 4.69) is 9.72 Å². The van der Waals surface area contributed by atoms with Gasteiger partial charge in [-0.25, -0.2) is 4.98 Å². The average molecular weight is 237 g/mol. The molecule has 1 aromatic heterocycles. The number of alkyl halides is 3. The normalized spacial score (nSPS) is 11.6. The lowest BCUT2D eigenvalue weighted by Crippen LogP contribution is -2.20. The average Bonchev–Trinajstić information content (AvgIpc) is 2.18. The summed E-state index contributed by atoms with van der Waals surface area (Å²) >= 11 is 0. The number of aliphatic hydroxyl groups is 1. The van der Waals surface area contributed by atoms with Crippen LogP contribution in [0, 0.1) is 0 Å². The first-order valence-electron chi connectivity index (χ1n) is 4.22. The number of hydrogen-bond donors (Lipinski definition) is 3. The van der Waals surface area contributed by atoms with Gasteiger partial charge in [-0.3, -0.25) is 0 Å². The van der Waals surface area contributed by atoms with Crippen LogP contribution < -0.4 is 16.2 Å². The van der Waals surface area contributed by atoms with Crippen molar-refractivity contribution in [1.82, 2.24) is 4.98 Å². The molecule has 0 amide bonds. The van der Waals surface area contributed by atoms with Gasteiger partial charge in [-0.15, -0.1) is 13.2 Å². The van der Waals surface area contributed by atoms with Gasteiger partial charge in [0.05, 0.1) is 12.8 Å². The third-order valence-electron chi connectivity index (χ3n) is 1.88. The van der Waals surface area contributed by atoms with Gasteiger partial charge in [-0.2, -0.15) is 0 Å². The second-order valence-corrected chi connectivity index (χ2v) is 2.87. The lowest BCUT2D eigenvalue weighted by Gasteiger charge is -2.15. The first-order valence-corrected chi connectivity index (χ1v) is 4.22. The van der Waals surface area contributed by atoms with E-state index in [9.17, 15) is 13.2 Å². The van der Waals surface area contributed by atoms with Crippen molar-refractivity contribution in [3.8, 4) is 5.75 Å². The summed E-state index contributed by atoms with van der Waals surface area (Å²) in [6, 6.07) is 0. The fraction of sp³-hybridized carbons (Fsp3) is 0.375. The smallest absolute Gasteiger partial charge is 0.404 e. The van der Waals surface area contributed by atoms with Crippen LogP contribution in [0.1, 0.15) is 11.1 Å². The molecule has 0 saturated heterocycles. The van der Waals surface area contributed by atoms with E-state index >= 15 is 0 Å². The molecule has 90 valence electrons. The van der Waals surface area contributed by atoms with Crippen molar-refractivity contribution >= 4 is 5.82 Å². The topological polar surface area (TPSA) is 94.4 Å². The van der Waals surface area contributed by atoms with Crippen LogP contribution in [0.15, 0.2) is 6.20 Å². The maximum absolute atomic E-state index is 12.0. The van der Waals surface area contributed by atoms with Crippen LogP contribution in [-0.4, -0.2) is 16.5 Å². The molecule has 0 saturated carbocycles. The van der Waals surface area contributed by atoms with Gasteiger partial charge in [0, 0.05) is 17.7 Å². The van der Waals surface area contributed by atoms with Crippen LogP contribution >= 0.6 is 0 Å². The van der Waals surface area contributed by atoms with Gasteiger partial charge in [0.1, 0.15) is 5.82 Å². The Hall–Kier alpha value is -1.54. The Morgan fingerprint density at radius 2 is 2.00 bits per heavy atom. The minimum atomic E-state index is -4.85. The van der Waals surface area contributed by atoms with Crippen LogP contribution in [0.3, 0.4) is 0 Å². The quantitative estimate of drug-likeness (QED) is 0.712. The fourth-order valence-electron chi connectivity index (χ4n) is 1.20. The summed E-state index contributed by atoms with van der Waals surface area (Å²) in [5.74, 6) is -0.620. The lowest BCUT2D eigenvalue weighted by molar-refractivity contribution is -0.275. The number of anilines is 1. The Kier molecular flexibility index (Phi) is 3.55.